The zero-order valence-electron chi connectivity index (χ0n) is 11.6. The van der Waals surface area contributed by atoms with Crippen molar-refractivity contribution < 1.29 is 4.74 Å². The van der Waals surface area contributed by atoms with Gasteiger partial charge in [-0.05, 0) is 43.3 Å². The Balaban J connectivity index is 1.85. The van der Waals surface area contributed by atoms with Gasteiger partial charge in [0.1, 0.15) is 11.6 Å². The summed E-state index contributed by atoms with van der Waals surface area (Å²) < 4.78 is 6.51. The van der Waals surface area contributed by atoms with Crippen LogP contribution in [0.4, 0.5) is 0 Å². The summed E-state index contributed by atoms with van der Waals surface area (Å²) in [5.41, 5.74) is 3.07. The number of aromatic amines is 1. The molecule has 0 unspecified atom stereocenters. The second-order valence-corrected chi connectivity index (χ2v) is 5.51. The molecule has 0 aliphatic heterocycles. The number of ether oxygens (including phenoxy) is 1. The van der Waals surface area contributed by atoms with Gasteiger partial charge in [0, 0.05) is 21.8 Å². The van der Waals surface area contributed by atoms with E-state index >= 15 is 0 Å². The number of H-pyrrole nitrogens is 1. The van der Waals surface area contributed by atoms with Crippen LogP contribution in [0.5, 0.6) is 5.75 Å². The molecule has 1 aromatic heterocycles. The quantitative estimate of drug-likeness (QED) is 0.731. The molecule has 1 N–H and O–H groups in total. The van der Waals surface area contributed by atoms with Gasteiger partial charge in [0.2, 0.25) is 0 Å². The molecule has 3 nitrogen and oxygen atoms in total. The predicted octanol–water partition coefficient (Wildman–Crippen LogP) is 4.90. The molecule has 0 atom stereocenters. The predicted molar refractivity (Wildman–Crippen MR) is 88.3 cm³/mol. The Hall–Kier alpha value is -2.07. The molecule has 0 spiro atoms. The minimum absolute atomic E-state index is 0.674. The SMILES string of the molecule is CCOc1ccc(-c2nc(-c3ccc(Br)cc3)c[nH]2)cc1. The van der Waals surface area contributed by atoms with Crippen LogP contribution < -0.4 is 4.74 Å². The Kier molecular flexibility index (Phi) is 4.06. The van der Waals surface area contributed by atoms with E-state index in [1.54, 1.807) is 0 Å². The van der Waals surface area contributed by atoms with Crippen molar-refractivity contribution in [3.63, 3.8) is 0 Å². The van der Waals surface area contributed by atoms with E-state index in [2.05, 4.69) is 25.9 Å². The Bertz CT molecular complexity index is 717. The molecule has 1 heterocycles. The monoisotopic (exact) mass is 342 g/mol. The first-order chi connectivity index (χ1) is 10.3. The van der Waals surface area contributed by atoms with E-state index in [1.807, 2.05) is 61.7 Å². The van der Waals surface area contributed by atoms with Crippen LogP contribution in [-0.2, 0) is 0 Å². The topological polar surface area (TPSA) is 37.9 Å². The molecule has 0 bridgehead atoms. The molecule has 4 heteroatoms. The normalized spacial score (nSPS) is 10.6. The van der Waals surface area contributed by atoms with E-state index in [-0.39, 0.29) is 0 Å². The number of imidazole rings is 1. The second-order valence-electron chi connectivity index (χ2n) is 4.60. The average Bonchev–Trinajstić information content (AvgIpc) is 2.99. The van der Waals surface area contributed by atoms with E-state index < -0.39 is 0 Å². The lowest BCUT2D eigenvalue weighted by atomic mass is 10.2. The molecule has 0 aliphatic rings. The molecule has 3 aromatic rings. The summed E-state index contributed by atoms with van der Waals surface area (Å²) in [5, 5.41) is 0. The fourth-order valence-electron chi connectivity index (χ4n) is 2.11. The summed E-state index contributed by atoms with van der Waals surface area (Å²) in [6.07, 6.45) is 1.93. The van der Waals surface area contributed by atoms with Crippen molar-refractivity contribution in [1.82, 2.24) is 9.97 Å². The van der Waals surface area contributed by atoms with Crippen LogP contribution >= 0.6 is 15.9 Å². The fraction of sp³-hybridized carbons (Fsp3) is 0.118. The molecule has 0 aliphatic carbocycles. The summed E-state index contributed by atoms with van der Waals surface area (Å²) in [4.78, 5) is 7.87. The number of halogens is 1. The summed E-state index contributed by atoms with van der Waals surface area (Å²) in [6, 6.07) is 16.1. The average molecular weight is 343 g/mol. The van der Waals surface area contributed by atoms with Crippen LogP contribution in [0.1, 0.15) is 6.92 Å². The van der Waals surface area contributed by atoms with Crippen LogP contribution in [-0.4, -0.2) is 16.6 Å². The van der Waals surface area contributed by atoms with Gasteiger partial charge in [0.15, 0.2) is 0 Å². The van der Waals surface area contributed by atoms with E-state index in [0.29, 0.717) is 6.61 Å². The molecule has 0 saturated heterocycles. The number of benzene rings is 2. The Morgan fingerprint density at radius 1 is 1.00 bits per heavy atom. The molecular weight excluding hydrogens is 328 g/mol. The molecular formula is C17H15BrN2O. The lowest BCUT2D eigenvalue weighted by Crippen LogP contribution is -1.90. The Morgan fingerprint density at radius 2 is 1.67 bits per heavy atom. The molecule has 3 rings (SSSR count). The van der Waals surface area contributed by atoms with Crippen LogP contribution in [0.3, 0.4) is 0 Å². The third-order valence-corrected chi connectivity index (χ3v) is 3.69. The third kappa shape index (κ3) is 3.16. The smallest absolute Gasteiger partial charge is 0.138 e. The number of aromatic nitrogens is 2. The number of nitrogens with zero attached hydrogens (tertiary/aromatic N) is 1. The van der Waals surface area contributed by atoms with Gasteiger partial charge < -0.3 is 9.72 Å². The van der Waals surface area contributed by atoms with E-state index in [4.69, 9.17) is 4.74 Å². The van der Waals surface area contributed by atoms with E-state index in [9.17, 15) is 0 Å². The van der Waals surface area contributed by atoms with Crippen LogP contribution in [0.25, 0.3) is 22.6 Å². The van der Waals surface area contributed by atoms with E-state index in [0.717, 1.165) is 32.9 Å². The maximum atomic E-state index is 5.45. The summed E-state index contributed by atoms with van der Waals surface area (Å²) >= 11 is 3.44. The van der Waals surface area contributed by atoms with Gasteiger partial charge in [0.05, 0.1) is 12.3 Å². The fourth-order valence-corrected chi connectivity index (χ4v) is 2.38. The number of rotatable bonds is 4. The third-order valence-electron chi connectivity index (χ3n) is 3.16. The highest BCUT2D eigenvalue weighted by Gasteiger charge is 2.06. The highest BCUT2D eigenvalue weighted by Crippen LogP contribution is 2.24. The van der Waals surface area contributed by atoms with E-state index in [1.165, 1.54) is 0 Å². The zero-order valence-corrected chi connectivity index (χ0v) is 13.2. The van der Waals surface area contributed by atoms with Gasteiger partial charge in [-0.3, -0.25) is 0 Å². The van der Waals surface area contributed by atoms with Gasteiger partial charge in [-0.15, -0.1) is 0 Å². The number of nitrogens with one attached hydrogen (secondary N) is 1. The van der Waals surface area contributed by atoms with Crippen LogP contribution in [0.2, 0.25) is 0 Å². The van der Waals surface area contributed by atoms with Crippen molar-refractivity contribution in [2.24, 2.45) is 0 Å². The van der Waals surface area contributed by atoms with Gasteiger partial charge in [-0.25, -0.2) is 4.98 Å². The summed E-state index contributed by atoms with van der Waals surface area (Å²) in [5.74, 6) is 1.73. The largest absolute Gasteiger partial charge is 0.494 e. The minimum Gasteiger partial charge on any atom is -0.494 e. The molecule has 0 fully saturated rings. The number of hydrogen-bond acceptors (Lipinski definition) is 2. The lowest BCUT2D eigenvalue weighted by Gasteiger charge is -2.03. The van der Waals surface area contributed by atoms with Crippen LogP contribution in [0.15, 0.2) is 59.2 Å². The van der Waals surface area contributed by atoms with Crippen LogP contribution in [0, 0.1) is 0 Å². The molecule has 2 aromatic carbocycles. The van der Waals surface area contributed by atoms with Gasteiger partial charge in [-0.2, -0.15) is 0 Å². The zero-order chi connectivity index (χ0) is 14.7. The van der Waals surface area contributed by atoms with Gasteiger partial charge in [-0.1, -0.05) is 28.1 Å². The standard InChI is InChI=1S/C17H15BrN2O/c1-2-21-15-9-5-13(6-10-15)17-19-11-16(20-17)12-3-7-14(18)8-4-12/h3-11H,2H2,1H3,(H,19,20). The highest BCUT2D eigenvalue weighted by molar-refractivity contribution is 9.10. The van der Waals surface area contributed by atoms with Crippen molar-refractivity contribution in [2.75, 3.05) is 6.61 Å². The maximum Gasteiger partial charge on any atom is 0.138 e. The van der Waals surface area contributed by atoms with Crippen molar-refractivity contribution >= 4 is 15.9 Å². The van der Waals surface area contributed by atoms with Gasteiger partial charge >= 0.3 is 0 Å². The van der Waals surface area contributed by atoms with Crippen molar-refractivity contribution in [3.8, 4) is 28.4 Å². The lowest BCUT2D eigenvalue weighted by molar-refractivity contribution is 0.340. The first-order valence-corrected chi connectivity index (χ1v) is 7.60. The van der Waals surface area contributed by atoms with Crippen molar-refractivity contribution in [3.05, 3.63) is 59.2 Å². The maximum absolute atomic E-state index is 5.45. The minimum atomic E-state index is 0.674. The van der Waals surface area contributed by atoms with Crippen molar-refractivity contribution in [2.45, 2.75) is 6.92 Å². The Morgan fingerprint density at radius 3 is 2.33 bits per heavy atom. The van der Waals surface area contributed by atoms with Gasteiger partial charge in [0.25, 0.3) is 0 Å². The number of hydrogen-bond donors (Lipinski definition) is 1. The first-order valence-electron chi connectivity index (χ1n) is 6.81. The summed E-state index contributed by atoms with van der Waals surface area (Å²) in [6.45, 7) is 2.65. The molecule has 0 radical (unpaired) electrons. The Labute approximate surface area is 132 Å². The molecule has 0 saturated carbocycles. The highest BCUT2D eigenvalue weighted by atomic mass is 79.9. The second kappa shape index (κ2) is 6.14. The first kappa shape index (κ1) is 13.9. The molecule has 106 valence electrons. The van der Waals surface area contributed by atoms with Crippen molar-refractivity contribution in [1.29, 1.82) is 0 Å². The molecule has 21 heavy (non-hydrogen) atoms. The summed E-state index contributed by atoms with van der Waals surface area (Å²) in [7, 11) is 0. The molecule has 0 amide bonds.